The van der Waals surface area contributed by atoms with Crippen LogP contribution in [0.15, 0.2) is 0 Å². The van der Waals surface area contributed by atoms with Crippen LogP contribution in [0.1, 0.15) is 0 Å². The van der Waals surface area contributed by atoms with Gasteiger partial charge in [0.1, 0.15) is 0 Å². The number of hydrogen-bond donors (Lipinski definition) is 0. The van der Waals surface area contributed by atoms with E-state index in [2.05, 4.69) is 0 Å². The molecule has 88 heavy (non-hydrogen) atoms. The first-order chi connectivity index (χ1) is 36.0. The van der Waals surface area contributed by atoms with Crippen LogP contribution in [-0.2, 0) is 30.4 Å². The molecule has 0 aromatic rings. The third-order valence-corrected chi connectivity index (χ3v) is 11.7. The molecule has 0 unspecified atom stereocenters. The van der Waals surface area contributed by atoms with Crippen molar-refractivity contribution in [2.24, 2.45) is 0 Å². The second-order valence-corrected chi connectivity index (χ2v) is 19.0. The first-order valence-corrected chi connectivity index (χ1v) is 21.2. The van der Waals surface area contributed by atoms with Gasteiger partial charge < -0.3 is 13.7 Å². The summed E-state index contributed by atoms with van der Waals surface area (Å²) < 4.78 is 732. The topological polar surface area (TPSA) is 172 Å². The Labute approximate surface area is 470 Å². The van der Waals surface area contributed by atoms with Crippen molar-refractivity contribution in [1.29, 1.82) is 0 Å². The second kappa shape index (κ2) is 23.1. The van der Waals surface area contributed by atoms with Crippen molar-refractivity contribution in [3.63, 3.8) is 0 Å². The average Bonchev–Trinajstić information content (AvgIpc) is 3.23. The molecule has 0 atom stereocenters. The van der Waals surface area contributed by atoms with Gasteiger partial charge in [0.15, 0.2) is 30.4 Å². The van der Waals surface area contributed by atoms with E-state index >= 15 is 0 Å². The molecule has 0 saturated heterocycles. The minimum Gasteiger partial charge on any atom is -0.743 e. The van der Waals surface area contributed by atoms with Crippen LogP contribution in [0, 0.1) is 36.9 Å². The van der Waals surface area contributed by atoms with E-state index in [1.807, 2.05) is 0 Å². The first kappa shape index (κ1) is 91.8. The van der Waals surface area contributed by atoms with Crippen LogP contribution in [0.4, 0.5) is 224 Å². The zero-order valence-electron chi connectivity index (χ0n) is 36.5. The Morgan fingerprint density at radius 2 is 0.216 bits per heavy atom. The quantitative estimate of drug-likeness (QED) is 0.0801. The first-order valence-electron chi connectivity index (χ1n) is 17.0. The number of hydrogen-bond acceptors (Lipinski definition) is 9. The van der Waals surface area contributed by atoms with Gasteiger partial charge in [-0.1, -0.05) is 0 Å². The summed E-state index contributed by atoms with van der Waals surface area (Å²) in [5, 5.41) is -23.9. The third-order valence-electron chi connectivity index (χ3n) is 9.02. The molecule has 0 bridgehead atoms. The molecule has 0 aliphatic rings. The molecule has 0 radical (unpaired) electrons. The van der Waals surface area contributed by atoms with E-state index in [1.165, 1.54) is 0 Å². The summed E-state index contributed by atoms with van der Waals surface area (Å²) in [5.74, 6) is -156. The van der Waals surface area contributed by atoms with Crippen molar-refractivity contribution in [2.45, 2.75) is 141 Å². The van der Waals surface area contributed by atoms with Gasteiger partial charge in [0.25, 0.3) is 0 Å². The molecular weight excluding hydrogens is 1670 g/mol. The predicted molar refractivity (Wildman–Crippen MR) is 151 cm³/mol. The summed E-state index contributed by atoms with van der Waals surface area (Å²) >= 11 is 0. The molecule has 0 aromatic heterocycles. The Balaban J connectivity index is -0.000000598. The van der Waals surface area contributed by atoms with E-state index in [4.69, 9.17) is 0 Å². The van der Waals surface area contributed by atoms with Crippen LogP contribution >= 0.6 is 0 Å². The zero-order valence-corrected chi connectivity index (χ0v) is 40.7. The largest absolute Gasteiger partial charge is 3.00 e. The van der Waals surface area contributed by atoms with Crippen LogP contribution in [0.5, 0.6) is 0 Å². The minimum absolute atomic E-state index is 0. The molecule has 0 amide bonds. The van der Waals surface area contributed by atoms with E-state index < -0.39 is 171 Å². The van der Waals surface area contributed by atoms with Gasteiger partial charge in [-0.05, 0) is 0 Å². The van der Waals surface area contributed by atoms with Crippen molar-refractivity contribution >= 4 is 30.4 Å². The Hall–Kier alpha value is -2.61. The van der Waals surface area contributed by atoms with Gasteiger partial charge in [-0.2, -0.15) is 224 Å². The molecule has 0 aromatic carbocycles. The van der Waals surface area contributed by atoms with E-state index in [-0.39, 0.29) is 36.9 Å². The summed E-state index contributed by atoms with van der Waals surface area (Å²) in [4.78, 5) is 0. The Kier molecular flexibility index (Phi) is 24.1. The Morgan fingerprint density at radius 3 is 0.284 bits per heavy atom. The van der Waals surface area contributed by atoms with Gasteiger partial charge in [-0.15, -0.1) is 0 Å². The summed E-state index contributed by atoms with van der Waals surface area (Å²) in [7, 11) is -24.4. The maximum Gasteiger partial charge on any atom is 3.00 e. The molecule has 9 nitrogen and oxygen atoms in total. The summed E-state index contributed by atoms with van der Waals surface area (Å²) in [6, 6.07) is 0. The van der Waals surface area contributed by atoms with Gasteiger partial charge in [0.2, 0.25) is 0 Å². The number of rotatable bonds is 21. The molecule has 0 heterocycles. The molecule has 538 valence electrons. The van der Waals surface area contributed by atoms with E-state index in [0.717, 1.165) is 0 Å². The molecule has 0 rings (SSSR count). The fourth-order valence-corrected chi connectivity index (χ4v) is 5.25. The average molecular weight is 1670 g/mol. The van der Waals surface area contributed by atoms with Crippen molar-refractivity contribution in [3.8, 4) is 0 Å². The summed E-state index contributed by atoms with van der Waals surface area (Å²) in [6.07, 6.45) is -23.7. The Bertz CT molecular complexity index is 2500. The fraction of sp³-hybridized carbons (Fsp3) is 1.00. The molecule has 0 N–H and O–H groups in total. The molecule has 0 aliphatic heterocycles. The van der Waals surface area contributed by atoms with Crippen molar-refractivity contribution in [2.75, 3.05) is 0 Å². The van der Waals surface area contributed by atoms with Crippen molar-refractivity contribution in [3.05, 3.63) is 0 Å². The zero-order chi connectivity index (χ0) is 73.5. The summed E-state index contributed by atoms with van der Waals surface area (Å²) in [6.45, 7) is 0. The molecule has 0 saturated carbocycles. The SMILES string of the molecule is O=S(=O)([O-])C(F)(F)C(F)(F)C(F)(F)C(F)(F)C(F)(F)C(F)(F)C(F)(F)C(F)(F)F.O=S(=O)([O-])C(F)(F)C(F)(F)C(F)(F)C(F)(F)C(F)(F)C(F)(F)C(F)(F)C(F)(F)F.O=S(=O)([O-])C(F)(F)C(F)(F)C(F)(F)C(F)(F)C(F)(F)C(F)(F)C(F)(F)C(F)(F)F.[Tm+3]. The standard InChI is InChI=1S/3C8HF17O3S.Tm/c3*9-1(10,3(13,14)5(17,18)7(21,22)23)2(11,12)4(15,16)6(19,20)8(24,25)29(26,27)28;/h3*(H,26,27,28);/q;;;+3/p-3. The fourth-order valence-electron chi connectivity index (χ4n) is 3.92. The van der Waals surface area contributed by atoms with Crippen LogP contribution in [-0.4, -0.2) is 180 Å². The second-order valence-electron chi connectivity index (χ2n) is 14.7. The van der Waals surface area contributed by atoms with Crippen molar-refractivity contribution in [1.82, 2.24) is 0 Å². The third kappa shape index (κ3) is 12.4. The van der Waals surface area contributed by atoms with E-state index in [1.54, 1.807) is 0 Å². The number of alkyl halides is 51. The molecule has 0 aliphatic carbocycles. The van der Waals surface area contributed by atoms with E-state index in [0.29, 0.717) is 0 Å². The minimum atomic E-state index is -8.92. The van der Waals surface area contributed by atoms with Crippen molar-refractivity contribution < 1.29 is 300 Å². The maximum atomic E-state index is 13.0. The Morgan fingerprint density at radius 1 is 0.148 bits per heavy atom. The molecule has 0 fully saturated rings. The smallest absolute Gasteiger partial charge is 0.743 e. The predicted octanol–water partition coefficient (Wildman–Crippen LogP) is 13.5. The van der Waals surface area contributed by atoms with Crippen LogP contribution in [0.3, 0.4) is 0 Å². The van der Waals surface area contributed by atoms with E-state index in [9.17, 15) is 263 Å². The molecular formula is C24F51O9S3Tm. The van der Waals surface area contributed by atoms with Gasteiger partial charge >= 0.3 is 178 Å². The molecule has 64 heteroatoms. The summed E-state index contributed by atoms with van der Waals surface area (Å²) in [5.41, 5.74) is 0. The molecule has 0 spiro atoms. The maximum absolute atomic E-state index is 13.0. The number of halogens is 51. The van der Waals surface area contributed by atoms with Gasteiger partial charge in [-0.3, -0.25) is 0 Å². The van der Waals surface area contributed by atoms with Gasteiger partial charge in [-0.25, -0.2) is 25.3 Å². The van der Waals surface area contributed by atoms with Gasteiger partial charge in [0.05, 0.1) is 0 Å². The van der Waals surface area contributed by atoms with Crippen LogP contribution in [0.2, 0.25) is 0 Å². The van der Waals surface area contributed by atoms with Crippen LogP contribution in [0.25, 0.3) is 0 Å². The normalized spacial score (nSPS) is 16.7. The van der Waals surface area contributed by atoms with Crippen LogP contribution < -0.4 is 0 Å². The monoisotopic (exact) mass is 1670 g/mol. The van der Waals surface area contributed by atoms with Gasteiger partial charge in [0, 0.05) is 0 Å².